The van der Waals surface area contributed by atoms with Crippen molar-refractivity contribution in [2.75, 3.05) is 19.8 Å². The predicted molar refractivity (Wildman–Crippen MR) is 294 cm³/mol. The molecule has 71 heavy (non-hydrogen) atoms. The lowest BCUT2D eigenvalue weighted by Crippen LogP contribution is -2.66. The van der Waals surface area contributed by atoms with Gasteiger partial charge in [0.2, 0.25) is 0 Å². The predicted octanol–water partition coefficient (Wildman–Crippen LogP) is 15.8. The molecule has 0 unspecified atom stereocenters. The SMILES string of the molecule is CCCCCCCCCCCCCC(=O)O[C@H]1[C@H](O)[C@@H](CO[Si](C)(C)C(C)(C)C)O[C@@H](OCc2ccccc2)[C@@H]1NC(=O)c1ccc(OCCCCCCCCCC)c(OCCCCCCCCCC)c1. The molecule has 11 heteroatoms. The Labute approximate surface area is 434 Å². The van der Waals surface area contributed by atoms with Crippen molar-refractivity contribution in [2.45, 2.75) is 277 Å². The molecule has 5 atom stereocenters. The summed E-state index contributed by atoms with van der Waals surface area (Å²) in [5.74, 6) is 0.276. The Kier molecular flexibility index (Phi) is 32.4. The van der Waals surface area contributed by atoms with Crippen LogP contribution in [0.5, 0.6) is 11.5 Å². The molecule has 0 aromatic heterocycles. The zero-order chi connectivity index (χ0) is 51.6. The zero-order valence-corrected chi connectivity index (χ0v) is 47.3. The van der Waals surface area contributed by atoms with Crippen LogP contribution in [0.3, 0.4) is 0 Å². The molecule has 1 aliphatic heterocycles. The van der Waals surface area contributed by atoms with Crippen LogP contribution in [0.1, 0.15) is 237 Å². The van der Waals surface area contributed by atoms with Crippen molar-refractivity contribution >= 4 is 20.2 Å². The average molecular weight is 1010 g/mol. The lowest BCUT2D eigenvalue weighted by molar-refractivity contribution is -0.275. The van der Waals surface area contributed by atoms with E-state index in [-0.39, 0.29) is 24.7 Å². The maximum atomic E-state index is 14.6. The summed E-state index contributed by atoms with van der Waals surface area (Å²) in [6.45, 7) is 18.9. The van der Waals surface area contributed by atoms with Gasteiger partial charge in [0.15, 0.2) is 32.2 Å². The second-order valence-electron chi connectivity index (χ2n) is 21.9. The summed E-state index contributed by atoms with van der Waals surface area (Å²) in [4.78, 5) is 28.3. The third kappa shape index (κ3) is 25.7. The van der Waals surface area contributed by atoms with Crippen LogP contribution in [0.15, 0.2) is 48.5 Å². The molecule has 2 N–H and O–H groups in total. The first kappa shape index (κ1) is 62.3. The first-order valence-electron chi connectivity index (χ1n) is 28.8. The first-order valence-corrected chi connectivity index (χ1v) is 31.7. The van der Waals surface area contributed by atoms with Crippen molar-refractivity contribution in [1.82, 2.24) is 5.32 Å². The number of hydrogen-bond acceptors (Lipinski definition) is 9. The minimum atomic E-state index is -2.28. The zero-order valence-electron chi connectivity index (χ0n) is 46.3. The third-order valence-corrected chi connectivity index (χ3v) is 19.1. The van der Waals surface area contributed by atoms with Gasteiger partial charge >= 0.3 is 5.97 Å². The van der Waals surface area contributed by atoms with E-state index in [9.17, 15) is 14.7 Å². The van der Waals surface area contributed by atoms with E-state index in [1.807, 2.05) is 36.4 Å². The smallest absolute Gasteiger partial charge is 0.306 e. The van der Waals surface area contributed by atoms with Crippen molar-refractivity contribution in [3.8, 4) is 11.5 Å². The van der Waals surface area contributed by atoms with Gasteiger partial charge in [-0.1, -0.05) is 226 Å². The molecule has 406 valence electrons. The molecule has 0 spiro atoms. The van der Waals surface area contributed by atoms with Crippen molar-refractivity contribution in [1.29, 1.82) is 0 Å². The van der Waals surface area contributed by atoms with E-state index in [0.29, 0.717) is 36.7 Å². The maximum absolute atomic E-state index is 14.6. The van der Waals surface area contributed by atoms with E-state index in [4.69, 9.17) is 28.1 Å². The van der Waals surface area contributed by atoms with Crippen LogP contribution in [0.2, 0.25) is 18.1 Å². The second kappa shape index (κ2) is 36.9. The average Bonchev–Trinajstić information content (AvgIpc) is 3.35. The summed E-state index contributed by atoms with van der Waals surface area (Å²) in [5.41, 5.74) is 1.26. The fraction of sp³-hybridized carbons (Fsp3) is 0.767. The number of hydrogen-bond donors (Lipinski definition) is 2. The Morgan fingerprint density at radius 3 is 1.62 bits per heavy atom. The molecular weight excluding hydrogens is 907 g/mol. The number of benzene rings is 2. The molecule has 1 heterocycles. The highest BCUT2D eigenvalue weighted by Crippen LogP contribution is 2.38. The number of carbonyl (C=O) groups excluding carboxylic acids is 2. The molecular formula is C60H103NO9Si. The largest absolute Gasteiger partial charge is 0.490 e. The highest BCUT2D eigenvalue weighted by atomic mass is 28.4. The summed E-state index contributed by atoms with van der Waals surface area (Å²) < 4.78 is 38.7. The summed E-state index contributed by atoms with van der Waals surface area (Å²) >= 11 is 0. The van der Waals surface area contributed by atoms with Gasteiger partial charge < -0.3 is 38.5 Å². The van der Waals surface area contributed by atoms with E-state index in [1.54, 1.807) is 12.1 Å². The minimum Gasteiger partial charge on any atom is -0.490 e. The summed E-state index contributed by atoms with van der Waals surface area (Å²) in [6.07, 6.45) is 27.8. The molecule has 1 fully saturated rings. The minimum absolute atomic E-state index is 0.0795. The molecule has 0 bridgehead atoms. The molecule has 0 aliphatic carbocycles. The standard InChI is InChI=1S/C60H103NO9Si/c1-9-12-15-18-21-24-25-26-27-30-36-41-54(62)70-57-55(59(67-47-49-39-34-33-35-40-49)69-53(56(57)63)48-68-71(7,8)60(4,5)6)61-58(64)50-42-43-51(65-44-37-31-28-22-19-16-13-10-2)52(46-50)66-45-38-32-29-23-20-17-14-11-3/h33-35,39-40,42-43,46,53,55-57,59,63H,9-32,36-38,41,44-45,47-48H2,1-8H3,(H,61,64)/t53-,55-,56-,57-,59-/m1/s1. The van der Waals surface area contributed by atoms with Gasteiger partial charge in [-0.25, -0.2) is 0 Å². The first-order chi connectivity index (χ1) is 34.3. The topological polar surface area (TPSA) is 122 Å². The van der Waals surface area contributed by atoms with Crippen LogP contribution < -0.4 is 14.8 Å². The van der Waals surface area contributed by atoms with Crippen molar-refractivity contribution < 1.29 is 42.8 Å². The Balaban J connectivity index is 1.83. The van der Waals surface area contributed by atoms with Gasteiger partial charge in [0.05, 0.1) is 26.4 Å². The molecule has 2 aromatic carbocycles. The van der Waals surface area contributed by atoms with Gasteiger partial charge in [-0.3, -0.25) is 9.59 Å². The van der Waals surface area contributed by atoms with Gasteiger partial charge in [-0.2, -0.15) is 0 Å². The molecule has 1 aliphatic rings. The highest BCUT2D eigenvalue weighted by molar-refractivity contribution is 6.74. The van der Waals surface area contributed by atoms with Gasteiger partial charge in [0.1, 0.15) is 18.2 Å². The lowest BCUT2D eigenvalue weighted by Gasteiger charge is -2.45. The van der Waals surface area contributed by atoms with Crippen molar-refractivity contribution in [3.63, 3.8) is 0 Å². The van der Waals surface area contributed by atoms with Crippen LogP contribution in [-0.4, -0.2) is 75.8 Å². The van der Waals surface area contributed by atoms with E-state index < -0.39 is 50.8 Å². The summed E-state index contributed by atoms with van der Waals surface area (Å²) in [5, 5.41) is 15.2. The van der Waals surface area contributed by atoms with Gasteiger partial charge in [0.25, 0.3) is 5.91 Å². The number of unbranched alkanes of at least 4 members (excludes halogenated alkanes) is 24. The van der Waals surface area contributed by atoms with Crippen LogP contribution in [0.25, 0.3) is 0 Å². The third-order valence-electron chi connectivity index (χ3n) is 14.6. The summed E-state index contributed by atoms with van der Waals surface area (Å²) in [6, 6.07) is 14.0. The maximum Gasteiger partial charge on any atom is 0.306 e. The summed E-state index contributed by atoms with van der Waals surface area (Å²) in [7, 11) is -2.28. The fourth-order valence-electron chi connectivity index (χ4n) is 8.85. The Bertz CT molecular complexity index is 1670. The lowest BCUT2D eigenvalue weighted by atomic mass is 9.96. The van der Waals surface area contributed by atoms with Crippen LogP contribution in [0.4, 0.5) is 0 Å². The number of ether oxygens (including phenoxy) is 5. The molecule has 1 amide bonds. The Hall–Kier alpha value is -2.96. The van der Waals surface area contributed by atoms with E-state index in [0.717, 1.165) is 50.5 Å². The molecule has 0 saturated carbocycles. The van der Waals surface area contributed by atoms with Crippen LogP contribution in [0, 0.1) is 0 Å². The number of carbonyl (C=O) groups is 2. The van der Waals surface area contributed by atoms with E-state index in [1.165, 1.54) is 122 Å². The normalized spacial score (nSPS) is 18.4. The second-order valence-corrected chi connectivity index (χ2v) is 26.8. The van der Waals surface area contributed by atoms with Crippen molar-refractivity contribution in [2.24, 2.45) is 0 Å². The van der Waals surface area contributed by atoms with Crippen LogP contribution >= 0.6 is 0 Å². The molecule has 2 aromatic rings. The number of amides is 1. The molecule has 10 nitrogen and oxygen atoms in total. The number of rotatable bonds is 41. The van der Waals surface area contributed by atoms with Gasteiger partial charge in [-0.15, -0.1) is 0 Å². The molecule has 1 saturated heterocycles. The quantitative estimate of drug-likeness (QED) is 0.0381. The monoisotopic (exact) mass is 1010 g/mol. The highest BCUT2D eigenvalue weighted by Gasteiger charge is 2.50. The Morgan fingerprint density at radius 2 is 1.11 bits per heavy atom. The molecule has 3 rings (SSSR count). The van der Waals surface area contributed by atoms with Crippen molar-refractivity contribution in [3.05, 3.63) is 59.7 Å². The van der Waals surface area contributed by atoms with E-state index >= 15 is 0 Å². The Morgan fingerprint density at radius 1 is 0.634 bits per heavy atom. The number of aliphatic hydroxyl groups is 1. The van der Waals surface area contributed by atoms with E-state index in [2.05, 4.69) is 60.0 Å². The number of esters is 1. The fourth-order valence-corrected chi connectivity index (χ4v) is 9.86. The molecule has 0 radical (unpaired) electrons. The number of aliphatic hydroxyl groups excluding tert-OH is 1. The van der Waals surface area contributed by atoms with Gasteiger partial charge in [0, 0.05) is 12.0 Å². The van der Waals surface area contributed by atoms with Gasteiger partial charge in [-0.05, 0) is 61.2 Å². The number of nitrogens with one attached hydrogen (secondary N) is 1. The van der Waals surface area contributed by atoms with Crippen LogP contribution in [-0.2, 0) is 30.0 Å².